The summed E-state index contributed by atoms with van der Waals surface area (Å²) in [7, 11) is 1.66. The zero-order valence-corrected chi connectivity index (χ0v) is 21.0. The van der Waals surface area contributed by atoms with Crippen LogP contribution in [0.4, 0.5) is 5.82 Å². The standard InChI is InChI=1S/C31H30N4O2/c1-36-29-19-28-26(18-30(29)37-17-15-25-14-13-23-10-5-6-12-27(23)34-25)31(33-21-32-28)35-16-7-11-24(20-35)22-8-3-2-4-9-22/h2-6,8-10,12-14,18-19,21,24H,7,11,15-17,20H2,1H3. The Morgan fingerprint density at radius 1 is 0.892 bits per heavy atom. The molecule has 0 aliphatic carbocycles. The number of benzene rings is 3. The lowest BCUT2D eigenvalue weighted by atomic mass is 9.90. The van der Waals surface area contributed by atoms with E-state index in [0.29, 0.717) is 30.4 Å². The summed E-state index contributed by atoms with van der Waals surface area (Å²) < 4.78 is 11.9. The number of hydrogen-bond donors (Lipinski definition) is 0. The van der Waals surface area contributed by atoms with Gasteiger partial charge in [0.25, 0.3) is 0 Å². The van der Waals surface area contributed by atoms with Crippen molar-refractivity contribution in [3.05, 3.63) is 96.4 Å². The summed E-state index contributed by atoms with van der Waals surface area (Å²) in [6.07, 6.45) is 4.67. The van der Waals surface area contributed by atoms with Crippen LogP contribution < -0.4 is 14.4 Å². The van der Waals surface area contributed by atoms with Gasteiger partial charge in [0.2, 0.25) is 0 Å². The van der Waals surface area contributed by atoms with Gasteiger partial charge >= 0.3 is 0 Å². The summed E-state index contributed by atoms with van der Waals surface area (Å²) in [5.41, 5.74) is 4.24. The van der Waals surface area contributed by atoms with E-state index in [2.05, 4.69) is 58.4 Å². The summed E-state index contributed by atoms with van der Waals surface area (Å²) in [4.78, 5) is 16.4. The molecule has 0 amide bonds. The van der Waals surface area contributed by atoms with E-state index >= 15 is 0 Å². The molecular formula is C31H30N4O2. The van der Waals surface area contributed by atoms with Crippen LogP contribution in [0.5, 0.6) is 11.5 Å². The average Bonchev–Trinajstić information content (AvgIpc) is 2.97. The van der Waals surface area contributed by atoms with E-state index in [4.69, 9.17) is 19.4 Å². The maximum atomic E-state index is 6.25. The normalized spacial score (nSPS) is 15.7. The molecule has 0 saturated carbocycles. The summed E-state index contributed by atoms with van der Waals surface area (Å²) in [5.74, 6) is 2.81. The minimum absolute atomic E-state index is 0.489. The molecular weight excluding hydrogens is 460 g/mol. The highest BCUT2D eigenvalue weighted by atomic mass is 16.5. The third-order valence-corrected chi connectivity index (χ3v) is 7.16. The van der Waals surface area contributed by atoms with Gasteiger partial charge in [-0.3, -0.25) is 4.98 Å². The van der Waals surface area contributed by atoms with Gasteiger partial charge in [0.15, 0.2) is 11.5 Å². The minimum Gasteiger partial charge on any atom is -0.493 e. The van der Waals surface area contributed by atoms with Gasteiger partial charge in [-0.1, -0.05) is 54.6 Å². The first-order chi connectivity index (χ1) is 18.3. The van der Waals surface area contributed by atoms with Crippen LogP contribution in [0.25, 0.3) is 21.8 Å². The molecule has 6 heteroatoms. The molecule has 37 heavy (non-hydrogen) atoms. The van der Waals surface area contributed by atoms with Crippen molar-refractivity contribution in [1.29, 1.82) is 0 Å². The number of piperidine rings is 1. The predicted molar refractivity (Wildman–Crippen MR) is 148 cm³/mol. The highest BCUT2D eigenvalue weighted by Gasteiger charge is 2.24. The van der Waals surface area contributed by atoms with Crippen molar-refractivity contribution < 1.29 is 9.47 Å². The van der Waals surface area contributed by atoms with Gasteiger partial charge in [-0.15, -0.1) is 0 Å². The van der Waals surface area contributed by atoms with Gasteiger partial charge in [0.05, 0.1) is 24.8 Å². The quantitative estimate of drug-likeness (QED) is 0.271. The van der Waals surface area contributed by atoms with Crippen molar-refractivity contribution in [3.63, 3.8) is 0 Å². The van der Waals surface area contributed by atoms with Gasteiger partial charge in [0, 0.05) is 48.0 Å². The van der Waals surface area contributed by atoms with Crippen molar-refractivity contribution >= 4 is 27.6 Å². The van der Waals surface area contributed by atoms with Crippen molar-refractivity contribution in [2.24, 2.45) is 0 Å². The molecule has 1 aliphatic rings. The Labute approximate surface area is 216 Å². The largest absolute Gasteiger partial charge is 0.493 e. The first-order valence-electron chi connectivity index (χ1n) is 12.9. The fraction of sp³-hybridized carbons (Fsp3) is 0.258. The summed E-state index contributed by atoms with van der Waals surface area (Å²) >= 11 is 0. The fourth-order valence-electron chi connectivity index (χ4n) is 5.25. The van der Waals surface area contributed by atoms with Crippen LogP contribution in [-0.4, -0.2) is 41.8 Å². The Morgan fingerprint density at radius 3 is 2.65 bits per heavy atom. The number of fused-ring (bicyclic) bond motifs is 2. The number of pyridine rings is 1. The average molecular weight is 491 g/mol. The lowest BCUT2D eigenvalue weighted by Crippen LogP contribution is -2.35. The SMILES string of the molecule is COc1cc2ncnc(N3CCCC(c4ccccc4)C3)c2cc1OCCc1ccc2ccccc2n1. The second-order valence-corrected chi connectivity index (χ2v) is 9.51. The van der Waals surface area contributed by atoms with E-state index in [9.17, 15) is 0 Å². The van der Waals surface area contributed by atoms with Crippen LogP contribution in [0.2, 0.25) is 0 Å². The zero-order valence-electron chi connectivity index (χ0n) is 21.0. The van der Waals surface area contributed by atoms with E-state index in [0.717, 1.165) is 52.8 Å². The van der Waals surface area contributed by atoms with E-state index < -0.39 is 0 Å². The molecule has 6 nitrogen and oxygen atoms in total. The highest BCUT2D eigenvalue weighted by Crippen LogP contribution is 2.37. The van der Waals surface area contributed by atoms with Gasteiger partial charge < -0.3 is 14.4 Å². The van der Waals surface area contributed by atoms with Gasteiger partial charge in [-0.2, -0.15) is 0 Å². The smallest absolute Gasteiger partial charge is 0.162 e. The molecule has 0 bridgehead atoms. The Hall–Kier alpha value is -4.19. The Balaban J connectivity index is 1.24. The maximum Gasteiger partial charge on any atom is 0.162 e. The van der Waals surface area contributed by atoms with Crippen LogP contribution >= 0.6 is 0 Å². The molecule has 1 atom stereocenters. The predicted octanol–water partition coefficient (Wildman–Crippen LogP) is 6.19. The van der Waals surface area contributed by atoms with Gasteiger partial charge in [-0.25, -0.2) is 9.97 Å². The number of para-hydroxylation sites is 1. The Bertz CT molecular complexity index is 1520. The number of methoxy groups -OCH3 is 1. The lowest BCUT2D eigenvalue weighted by Gasteiger charge is -2.34. The molecule has 1 fully saturated rings. The van der Waals surface area contributed by atoms with E-state index in [1.165, 1.54) is 12.0 Å². The van der Waals surface area contributed by atoms with Crippen LogP contribution in [0.15, 0.2) is 85.2 Å². The molecule has 1 saturated heterocycles. The number of nitrogens with zero attached hydrogens (tertiary/aromatic N) is 4. The molecule has 1 unspecified atom stereocenters. The van der Waals surface area contributed by atoms with Crippen molar-refractivity contribution in [2.45, 2.75) is 25.2 Å². The molecule has 5 aromatic rings. The zero-order chi connectivity index (χ0) is 25.0. The van der Waals surface area contributed by atoms with Crippen LogP contribution in [0, 0.1) is 0 Å². The fourth-order valence-corrected chi connectivity index (χ4v) is 5.25. The molecule has 186 valence electrons. The van der Waals surface area contributed by atoms with Gasteiger partial charge in [-0.05, 0) is 36.6 Å². The first kappa shape index (κ1) is 23.2. The Morgan fingerprint density at radius 2 is 1.76 bits per heavy atom. The highest BCUT2D eigenvalue weighted by molar-refractivity contribution is 5.92. The first-order valence-corrected chi connectivity index (χ1v) is 12.9. The van der Waals surface area contributed by atoms with Crippen molar-refractivity contribution in [2.75, 3.05) is 31.7 Å². The molecule has 2 aromatic heterocycles. The maximum absolute atomic E-state index is 6.25. The van der Waals surface area contributed by atoms with Crippen LogP contribution in [0.3, 0.4) is 0 Å². The lowest BCUT2D eigenvalue weighted by molar-refractivity contribution is 0.297. The molecule has 0 N–H and O–H groups in total. The number of hydrogen-bond acceptors (Lipinski definition) is 6. The number of ether oxygens (including phenoxy) is 2. The molecule has 1 aliphatic heterocycles. The van der Waals surface area contributed by atoms with Crippen LogP contribution in [-0.2, 0) is 6.42 Å². The molecule has 3 heterocycles. The summed E-state index contributed by atoms with van der Waals surface area (Å²) in [6.45, 7) is 2.41. The minimum atomic E-state index is 0.489. The summed E-state index contributed by atoms with van der Waals surface area (Å²) in [6, 6.07) is 27.1. The van der Waals surface area contributed by atoms with E-state index in [-0.39, 0.29) is 0 Å². The second-order valence-electron chi connectivity index (χ2n) is 9.51. The monoisotopic (exact) mass is 490 g/mol. The number of aromatic nitrogens is 3. The van der Waals surface area contributed by atoms with Crippen molar-refractivity contribution in [1.82, 2.24) is 15.0 Å². The second kappa shape index (κ2) is 10.4. The summed E-state index contributed by atoms with van der Waals surface area (Å²) in [5, 5.41) is 2.12. The third kappa shape index (κ3) is 4.92. The van der Waals surface area contributed by atoms with Crippen molar-refractivity contribution in [3.8, 4) is 11.5 Å². The van der Waals surface area contributed by atoms with E-state index in [1.807, 2.05) is 30.3 Å². The van der Waals surface area contributed by atoms with Crippen LogP contribution in [0.1, 0.15) is 30.0 Å². The molecule has 6 rings (SSSR count). The number of anilines is 1. The third-order valence-electron chi connectivity index (χ3n) is 7.16. The van der Waals surface area contributed by atoms with E-state index in [1.54, 1.807) is 13.4 Å². The molecule has 0 radical (unpaired) electrons. The topological polar surface area (TPSA) is 60.4 Å². The Kier molecular flexibility index (Phi) is 6.55. The number of rotatable bonds is 7. The molecule has 3 aromatic carbocycles. The molecule has 0 spiro atoms. The van der Waals surface area contributed by atoms with Gasteiger partial charge in [0.1, 0.15) is 12.1 Å².